The van der Waals surface area contributed by atoms with Gasteiger partial charge in [-0.15, -0.1) is 0 Å². The fraction of sp³-hybridized carbons (Fsp3) is 0.417. The molecule has 2 unspecified atom stereocenters. The number of hydrogen-bond acceptors (Lipinski definition) is 4. The van der Waals surface area contributed by atoms with Gasteiger partial charge in [0.1, 0.15) is 5.00 Å². The molecule has 1 aromatic heterocycles. The predicted octanol–water partition coefficient (Wildman–Crippen LogP) is 2.87. The molecule has 0 radical (unpaired) electrons. The number of rotatable bonds is 4. The molecule has 0 saturated heterocycles. The molecule has 1 heterocycles. The molecule has 16 heavy (non-hydrogen) atoms. The zero-order valence-electron chi connectivity index (χ0n) is 9.47. The van der Waals surface area contributed by atoms with Crippen molar-refractivity contribution in [3.05, 3.63) is 24.3 Å². The number of anilines is 1. The molecule has 2 atom stereocenters. The molecule has 2 N–H and O–H groups in total. The van der Waals surface area contributed by atoms with Crippen LogP contribution in [0.4, 0.5) is 5.00 Å². The molecular weight excluding hydrogens is 220 g/mol. The number of benzene rings is 1. The molecule has 0 amide bonds. The Bertz CT molecular complexity index is 467. The second-order valence-corrected chi connectivity index (χ2v) is 4.93. The highest BCUT2D eigenvalue weighted by Crippen LogP contribution is 2.28. The highest BCUT2D eigenvalue weighted by molar-refractivity contribution is 7.11. The van der Waals surface area contributed by atoms with E-state index in [-0.39, 0.29) is 12.1 Å². The van der Waals surface area contributed by atoms with Crippen molar-refractivity contribution < 1.29 is 5.11 Å². The first-order chi connectivity index (χ1) is 7.66. The van der Waals surface area contributed by atoms with E-state index in [9.17, 15) is 5.11 Å². The quantitative estimate of drug-likeness (QED) is 0.858. The Balaban J connectivity index is 2.15. The molecule has 2 aromatic rings. The molecule has 0 aliphatic heterocycles. The second kappa shape index (κ2) is 4.80. The third-order valence-electron chi connectivity index (χ3n) is 2.46. The Labute approximate surface area is 99.3 Å². The van der Waals surface area contributed by atoms with Gasteiger partial charge in [-0.3, -0.25) is 0 Å². The topological polar surface area (TPSA) is 45.1 Å². The fourth-order valence-corrected chi connectivity index (χ4v) is 2.66. The zero-order valence-corrected chi connectivity index (χ0v) is 10.3. The van der Waals surface area contributed by atoms with Gasteiger partial charge in [0.05, 0.1) is 11.6 Å². The van der Waals surface area contributed by atoms with E-state index in [2.05, 4.69) is 22.7 Å². The van der Waals surface area contributed by atoms with Crippen molar-refractivity contribution in [2.24, 2.45) is 0 Å². The van der Waals surface area contributed by atoms with Crippen LogP contribution in [0.3, 0.4) is 0 Å². The summed E-state index contributed by atoms with van der Waals surface area (Å²) in [5, 5.41) is 14.9. The molecular formula is C12H16N2OS. The number of nitrogens with one attached hydrogen (secondary N) is 1. The Morgan fingerprint density at radius 2 is 2.12 bits per heavy atom. The van der Waals surface area contributed by atoms with Gasteiger partial charge >= 0.3 is 0 Å². The SMILES string of the molecule is CC(O)CC(C)Nc1snc2ccccc12. The molecule has 4 heteroatoms. The molecule has 0 aliphatic carbocycles. The van der Waals surface area contributed by atoms with Gasteiger partial charge in [0, 0.05) is 11.4 Å². The lowest BCUT2D eigenvalue weighted by molar-refractivity contribution is 0.179. The maximum atomic E-state index is 9.31. The highest BCUT2D eigenvalue weighted by Gasteiger charge is 2.10. The number of aliphatic hydroxyl groups is 1. The summed E-state index contributed by atoms with van der Waals surface area (Å²) < 4.78 is 4.37. The highest BCUT2D eigenvalue weighted by atomic mass is 32.1. The van der Waals surface area contributed by atoms with E-state index >= 15 is 0 Å². The first-order valence-corrected chi connectivity index (χ1v) is 6.23. The van der Waals surface area contributed by atoms with E-state index < -0.39 is 0 Å². The van der Waals surface area contributed by atoms with Crippen molar-refractivity contribution in [3.8, 4) is 0 Å². The number of nitrogens with zero attached hydrogens (tertiary/aromatic N) is 1. The van der Waals surface area contributed by atoms with E-state index in [1.54, 1.807) is 0 Å². The summed E-state index contributed by atoms with van der Waals surface area (Å²) in [6.07, 6.45) is 0.466. The summed E-state index contributed by atoms with van der Waals surface area (Å²) in [4.78, 5) is 0. The summed E-state index contributed by atoms with van der Waals surface area (Å²) in [6.45, 7) is 3.88. The number of fused-ring (bicyclic) bond motifs is 1. The lowest BCUT2D eigenvalue weighted by atomic mass is 10.1. The summed E-state index contributed by atoms with van der Waals surface area (Å²) in [5.74, 6) is 0. The third kappa shape index (κ3) is 2.51. The Hall–Kier alpha value is -1.13. The van der Waals surface area contributed by atoms with Crippen LogP contribution in [0, 0.1) is 0 Å². The fourth-order valence-electron chi connectivity index (χ4n) is 1.79. The van der Waals surface area contributed by atoms with Gasteiger partial charge in [-0.25, -0.2) is 0 Å². The Kier molecular flexibility index (Phi) is 3.41. The normalized spacial score (nSPS) is 14.9. The van der Waals surface area contributed by atoms with Gasteiger partial charge in [-0.05, 0) is 43.9 Å². The lowest BCUT2D eigenvalue weighted by Gasteiger charge is -2.15. The summed E-state index contributed by atoms with van der Waals surface area (Å²) >= 11 is 1.48. The van der Waals surface area contributed by atoms with E-state index in [0.717, 1.165) is 22.3 Å². The maximum Gasteiger partial charge on any atom is 0.117 e. The Morgan fingerprint density at radius 3 is 2.88 bits per heavy atom. The van der Waals surface area contributed by atoms with Crippen molar-refractivity contribution in [2.45, 2.75) is 32.4 Å². The van der Waals surface area contributed by atoms with Crippen molar-refractivity contribution >= 4 is 27.4 Å². The van der Waals surface area contributed by atoms with Crippen LogP contribution >= 0.6 is 11.5 Å². The van der Waals surface area contributed by atoms with Gasteiger partial charge in [-0.2, -0.15) is 4.37 Å². The van der Waals surface area contributed by atoms with Gasteiger partial charge < -0.3 is 10.4 Å². The lowest BCUT2D eigenvalue weighted by Crippen LogP contribution is -2.20. The summed E-state index contributed by atoms with van der Waals surface area (Å²) in [5.41, 5.74) is 1.03. The van der Waals surface area contributed by atoms with E-state index in [4.69, 9.17) is 0 Å². The molecule has 0 spiro atoms. The van der Waals surface area contributed by atoms with E-state index in [1.165, 1.54) is 11.5 Å². The van der Waals surface area contributed by atoms with Crippen LogP contribution in [0.2, 0.25) is 0 Å². The molecule has 0 bridgehead atoms. The molecule has 0 aliphatic rings. The smallest absolute Gasteiger partial charge is 0.117 e. The molecule has 3 nitrogen and oxygen atoms in total. The van der Waals surface area contributed by atoms with Crippen LogP contribution in [0.15, 0.2) is 24.3 Å². The number of aromatic nitrogens is 1. The van der Waals surface area contributed by atoms with Crippen LogP contribution in [0.25, 0.3) is 10.9 Å². The van der Waals surface area contributed by atoms with Crippen LogP contribution in [0.1, 0.15) is 20.3 Å². The third-order valence-corrected chi connectivity index (χ3v) is 3.26. The minimum absolute atomic E-state index is 0.254. The predicted molar refractivity (Wildman–Crippen MR) is 69.0 cm³/mol. The molecule has 0 saturated carbocycles. The first kappa shape index (κ1) is 11.4. The van der Waals surface area contributed by atoms with Crippen LogP contribution < -0.4 is 5.32 Å². The summed E-state index contributed by atoms with van der Waals surface area (Å²) in [6, 6.07) is 8.34. The van der Waals surface area contributed by atoms with Crippen LogP contribution in [-0.2, 0) is 0 Å². The summed E-state index contributed by atoms with van der Waals surface area (Å²) in [7, 11) is 0. The monoisotopic (exact) mass is 236 g/mol. The van der Waals surface area contributed by atoms with Crippen molar-refractivity contribution in [1.82, 2.24) is 4.37 Å². The minimum Gasteiger partial charge on any atom is -0.393 e. The van der Waals surface area contributed by atoms with Crippen LogP contribution in [0.5, 0.6) is 0 Å². The molecule has 0 fully saturated rings. The standard InChI is InChI=1S/C12H16N2OS/c1-8(7-9(2)15)13-12-10-5-3-4-6-11(10)14-16-12/h3-6,8-9,13,15H,7H2,1-2H3. The van der Waals surface area contributed by atoms with Gasteiger partial charge in [-0.1, -0.05) is 12.1 Å². The van der Waals surface area contributed by atoms with Crippen molar-refractivity contribution in [3.63, 3.8) is 0 Å². The largest absolute Gasteiger partial charge is 0.393 e. The molecule has 86 valence electrons. The molecule has 2 rings (SSSR count). The second-order valence-electron chi connectivity index (χ2n) is 4.16. The number of hydrogen-bond donors (Lipinski definition) is 2. The molecule has 1 aromatic carbocycles. The maximum absolute atomic E-state index is 9.31. The zero-order chi connectivity index (χ0) is 11.5. The van der Waals surface area contributed by atoms with Crippen molar-refractivity contribution in [1.29, 1.82) is 0 Å². The minimum atomic E-state index is -0.276. The van der Waals surface area contributed by atoms with E-state index in [1.807, 2.05) is 25.1 Å². The van der Waals surface area contributed by atoms with Gasteiger partial charge in [0.15, 0.2) is 0 Å². The van der Waals surface area contributed by atoms with Crippen molar-refractivity contribution in [2.75, 3.05) is 5.32 Å². The van der Waals surface area contributed by atoms with Crippen LogP contribution in [-0.4, -0.2) is 21.6 Å². The Morgan fingerprint density at radius 1 is 1.38 bits per heavy atom. The average molecular weight is 236 g/mol. The van der Waals surface area contributed by atoms with Gasteiger partial charge in [0.25, 0.3) is 0 Å². The first-order valence-electron chi connectivity index (χ1n) is 5.46. The average Bonchev–Trinajstić information content (AvgIpc) is 2.61. The number of aliphatic hydroxyl groups excluding tert-OH is 1. The van der Waals surface area contributed by atoms with Gasteiger partial charge in [0.2, 0.25) is 0 Å². The van der Waals surface area contributed by atoms with E-state index in [0.29, 0.717) is 0 Å².